The van der Waals surface area contributed by atoms with Gasteiger partial charge in [0.15, 0.2) is 0 Å². The predicted molar refractivity (Wildman–Crippen MR) is 87.0 cm³/mol. The van der Waals surface area contributed by atoms with Gasteiger partial charge >= 0.3 is 6.09 Å². The van der Waals surface area contributed by atoms with Gasteiger partial charge in [-0.3, -0.25) is 0 Å². The third-order valence-corrected chi connectivity index (χ3v) is 4.22. The zero-order valence-corrected chi connectivity index (χ0v) is 14.6. The van der Waals surface area contributed by atoms with E-state index >= 15 is 0 Å². The van der Waals surface area contributed by atoms with E-state index in [0.717, 1.165) is 18.9 Å². The van der Waals surface area contributed by atoms with Gasteiger partial charge in [-0.25, -0.2) is 4.79 Å². The Hall–Kier alpha value is -0.810. The molecule has 1 aliphatic heterocycles. The number of amides is 1. The average molecular weight is 312 g/mol. The summed E-state index contributed by atoms with van der Waals surface area (Å²) in [6.45, 7) is 10.8. The van der Waals surface area contributed by atoms with Crippen LogP contribution in [0.15, 0.2) is 0 Å². The van der Waals surface area contributed by atoms with Crippen LogP contribution in [0.2, 0.25) is 0 Å². The lowest BCUT2D eigenvalue weighted by atomic mass is 10.1. The van der Waals surface area contributed by atoms with Crippen molar-refractivity contribution < 1.29 is 14.3 Å². The van der Waals surface area contributed by atoms with Crippen molar-refractivity contribution in [3.05, 3.63) is 0 Å². The van der Waals surface area contributed by atoms with Crippen molar-refractivity contribution in [1.82, 2.24) is 10.2 Å². The molecule has 0 radical (unpaired) electrons. The van der Waals surface area contributed by atoms with Crippen molar-refractivity contribution in [2.45, 2.75) is 71.1 Å². The molecule has 0 aromatic rings. The van der Waals surface area contributed by atoms with E-state index in [1.807, 2.05) is 25.7 Å². The average Bonchev–Trinajstić information content (AvgIpc) is 3.21. The second-order valence-corrected chi connectivity index (χ2v) is 7.73. The van der Waals surface area contributed by atoms with Crippen molar-refractivity contribution in [3.63, 3.8) is 0 Å². The van der Waals surface area contributed by atoms with Gasteiger partial charge in [0.1, 0.15) is 5.60 Å². The van der Waals surface area contributed by atoms with Gasteiger partial charge in [0.25, 0.3) is 0 Å². The molecule has 2 atom stereocenters. The van der Waals surface area contributed by atoms with Crippen LogP contribution in [-0.4, -0.2) is 55.0 Å². The topological polar surface area (TPSA) is 50.8 Å². The van der Waals surface area contributed by atoms with E-state index in [2.05, 4.69) is 12.2 Å². The highest BCUT2D eigenvalue weighted by atomic mass is 16.6. The van der Waals surface area contributed by atoms with E-state index in [9.17, 15) is 4.79 Å². The standard InChI is InChI=1S/C17H32N2O3/c1-13(18-8-7-14-5-6-14)11-15-12-21-10-9-19(15)16(20)22-17(2,3)4/h13-15,18H,5-12H2,1-4H3. The predicted octanol–water partition coefficient (Wildman–Crippen LogP) is 2.79. The summed E-state index contributed by atoms with van der Waals surface area (Å²) < 4.78 is 11.1. The minimum absolute atomic E-state index is 0.104. The molecule has 0 aromatic heterocycles. The monoisotopic (exact) mass is 312 g/mol. The third kappa shape index (κ3) is 6.13. The Labute approximate surface area is 134 Å². The normalized spacial score (nSPS) is 24.2. The molecular formula is C17H32N2O3. The Kier molecular flexibility index (Phi) is 6.09. The molecule has 0 aromatic carbocycles. The molecule has 128 valence electrons. The van der Waals surface area contributed by atoms with Crippen LogP contribution in [0.5, 0.6) is 0 Å². The first-order valence-electron chi connectivity index (χ1n) is 8.66. The van der Waals surface area contributed by atoms with Crippen LogP contribution in [0.1, 0.15) is 53.4 Å². The Balaban J connectivity index is 1.78. The minimum atomic E-state index is -0.450. The molecule has 1 amide bonds. The van der Waals surface area contributed by atoms with Crippen LogP contribution in [0.3, 0.4) is 0 Å². The Morgan fingerprint density at radius 2 is 2.14 bits per heavy atom. The van der Waals surface area contributed by atoms with Gasteiger partial charge < -0.3 is 19.7 Å². The number of ether oxygens (including phenoxy) is 2. The summed E-state index contributed by atoms with van der Waals surface area (Å²) >= 11 is 0. The molecule has 22 heavy (non-hydrogen) atoms. The smallest absolute Gasteiger partial charge is 0.410 e. The quantitative estimate of drug-likeness (QED) is 0.819. The SMILES string of the molecule is CC(CC1COCCN1C(=O)OC(C)(C)C)NCCC1CC1. The first kappa shape index (κ1) is 17.5. The highest BCUT2D eigenvalue weighted by Crippen LogP contribution is 2.31. The fourth-order valence-electron chi connectivity index (χ4n) is 2.84. The number of morpholine rings is 1. The molecule has 2 fully saturated rings. The van der Waals surface area contributed by atoms with Gasteiger partial charge in [0.05, 0.1) is 19.3 Å². The molecule has 0 spiro atoms. The molecule has 1 saturated carbocycles. The van der Waals surface area contributed by atoms with Crippen LogP contribution in [0, 0.1) is 5.92 Å². The largest absolute Gasteiger partial charge is 0.444 e. The second-order valence-electron chi connectivity index (χ2n) is 7.73. The van der Waals surface area contributed by atoms with Gasteiger partial charge in [0, 0.05) is 12.6 Å². The summed E-state index contributed by atoms with van der Waals surface area (Å²) in [4.78, 5) is 14.2. The number of rotatable bonds is 6. The van der Waals surface area contributed by atoms with E-state index in [1.165, 1.54) is 19.3 Å². The van der Waals surface area contributed by atoms with Crippen LogP contribution in [-0.2, 0) is 9.47 Å². The summed E-state index contributed by atoms with van der Waals surface area (Å²) in [5.74, 6) is 0.955. The summed E-state index contributed by atoms with van der Waals surface area (Å²) in [5, 5.41) is 3.57. The molecular weight excluding hydrogens is 280 g/mol. The minimum Gasteiger partial charge on any atom is -0.444 e. The van der Waals surface area contributed by atoms with Gasteiger partial charge in [-0.05, 0) is 53.0 Å². The van der Waals surface area contributed by atoms with Crippen molar-refractivity contribution in [2.24, 2.45) is 5.92 Å². The number of carbonyl (C=O) groups is 1. The lowest BCUT2D eigenvalue weighted by Crippen LogP contribution is -2.52. The molecule has 2 rings (SSSR count). The number of nitrogens with zero attached hydrogens (tertiary/aromatic N) is 1. The van der Waals surface area contributed by atoms with Gasteiger partial charge in [-0.15, -0.1) is 0 Å². The molecule has 2 aliphatic rings. The van der Waals surface area contributed by atoms with Crippen molar-refractivity contribution in [3.8, 4) is 0 Å². The molecule has 1 aliphatic carbocycles. The second kappa shape index (κ2) is 7.64. The summed E-state index contributed by atoms with van der Waals surface area (Å²) in [6, 6.07) is 0.488. The van der Waals surface area contributed by atoms with E-state index in [1.54, 1.807) is 0 Å². The lowest BCUT2D eigenvalue weighted by Gasteiger charge is -2.37. The fraction of sp³-hybridized carbons (Fsp3) is 0.941. The first-order valence-corrected chi connectivity index (χ1v) is 8.66. The van der Waals surface area contributed by atoms with Gasteiger partial charge in [0.2, 0.25) is 0 Å². The van der Waals surface area contributed by atoms with Gasteiger partial charge in [-0.2, -0.15) is 0 Å². The number of carbonyl (C=O) groups excluding carboxylic acids is 1. The van der Waals surface area contributed by atoms with Crippen LogP contribution >= 0.6 is 0 Å². The highest BCUT2D eigenvalue weighted by molar-refractivity contribution is 5.68. The molecule has 5 nitrogen and oxygen atoms in total. The Bertz CT molecular complexity index is 363. The van der Waals surface area contributed by atoms with Crippen molar-refractivity contribution in [1.29, 1.82) is 0 Å². The van der Waals surface area contributed by atoms with Crippen molar-refractivity contribution >= 4 is 6.09 Å². The molecule has 1 saturated heterocycles. The maximum atomic E-state index is 12.3. The maximum Gasteiger partial charge on any atom is 0.410 e. The molecule has 1 heterocycles. The Morgan fingerprint density at radius 1 is 1.41 bits per heavy atom. The lowest BCUT2D eigenvalue weighted by molar-refractivity contribution is -0.0355. The van der Waals surface area contributed by atoms with Crippen LogP contribution in [0.25, 0.3) is 0 Å². The van der Waals surface area contributed by atoms with Crippen molar-refractivity contribution in [2.75, 3.05) is 26.3 Å². The van der Waals surface area contributed by atoms with E-state index in [0.29, 0.717) is 25.8 Å². The summed E-state index contributed by atoms with van der Waals surface area (Å²) in [7, 11) is 0. The Morgan fingerprint density at radius 3 is 2.77 bits per heavy atom. The molecule has 5 heteroatoms. The first-order chi connectivity index (χ1) is 10.3. The molecule has 1 N–H and O–H groups in total. The molecule has 0 bridgehead atoms. The highest BCUT2D eigenvalue weighted by Gasteiger charge is 2.31. The summed E-state index contributed by atoms with van der Waals surface area (Å²) in [6.07, 6.45) is 4.77. The maximum absolute atomic E-state index is 12.3. The van der Waals surface area contributed by atoms with Crippen LogP contribution < -0.4 is 5.32 Å². The fourth-order valence-corrected chi connectivity index (χ4v) is 2.84. The number of nitrogens with one attached hydrogen (secondary N) is 1. The van der Waals surface area contributed by atoms with Crippen LogP contribution in [0.4, 0.5) is 4.79 Å². The van der Waals surface area contributed by atoms with E-state index < -0.39 is 5.60 Å². The summed E-state index contributed by atoms with van der Waals surface area (Å²) in [5.41, 5.74) is -0.450. The van der Waals surface area contributed by atoms with E-state index in [-0.39, 0.29) is 12.1 Å². The van der Waals surface area contributed by atoms with E-state index in [4.69, 9.17) is 9.47 Å². The van der Waals surface area contributed by atoms with Gasteiger partial charge in [-0.1, -0.05) is 12.8 Å². The third-order valence-electron chi connectivity index (χ3n) is 4.22. The number of hydrogen-bond donors (Lipinski definition) is 1. The molecule has 2 unspecified atom stereocenters. The zero-order valence-electron chi connectivity index (χ0n) is 14.6. The zero-order chi connectivity index (χ0) is 16.2. The number of hydrogen-bond acceptors (Lipinski definition) is 4.